The van der Waals surface area contributed by atoms with E-state index in [9.17, 15) is 9.59 Å². The second-order valence-corrected chi connectivity index (χ2v) is 3.78. The summed E-state index contributed by atoms with van der Waals surface area (Å²) in [6.07, 6.45) is -0.287. The van der Waals surface area contributed by atoms with Gasteiger partial charge in [0, 0.05) is 6.42 Å². The van der Waals surface area contributed by atoms with Crippen LogP contribution in [-0.2, 0) is 16.0 Å². The highest BCUT2D eigenvalue weighted by Crippen LogP contribution is 2.05. The third-order valence-corrected chi connectivity index (χ3v) is 2.39. The van der Waals surface area contributed by atoms with E-state index in [1.54, 1.807) is 6.92 Å². The van der Waals surface area contributed by atoms with Crippen LogP contribution >= 0.6 is 11.6 Å². The fourth-order valence-corrected chi connectivity index (χ4v) is 1.48. The van der Waals surface area contributed by atoms with E-state index < -0.39 is 17.4 Å². The summed E-state index contributed by atoms with van der Waals surface area (Å²) >= 11 is 5.43. The lowest BCUT2D eigenvalue weighted by molar-refractivity contribution is -0.113. The van der Waals surface area contributed by atoms with Crippen molar-refractivity contribution in [1.29, 1.82) is 0 Å². The number of halogens is 1. The van der Waals surface area contributed by atoms with E-state index in [4.69, 9.17) is 16.3 Å². The smallest absolute Gasteiger partial charge is 0.407 e. The van der Waals surface area contributed by atoms with Crippen LogP contribution in [0.25, 0.3) is 0 Å². The molecule has 0 aliphatic rings. The molecule has 1 aromatic carbocycles. The second-order valence-electron chi connectivity index (χ2n) is 3.41. The molecular weight excluding hydrogens is 242 g/mol. The van der Waals surface area contributed by atoms with Crippen molar-refractivity contribution in [1.82, 2.24) is 5.32 Å². The zero-order valence-electron chi connectivity index (χ0n) is 9.48. The Bertz CT molecular complexity index is 381. The molecule has 1 rings (SSSR count). The number of hydrogen-bond donors (Lipinski definition) is 1. The van der Waals surface area contributed by atoms with Gasteiger partial charge in [-0.25, -0.2) is 4.79 Å². The monoisotopic (exact) mass is 255 g/mol. The summed E-state index contributed by atoms with van der Waals surface area (Å²) in [6.45, 7) is 1.94. The van der Waals surface area contributed by atoms with E-state index >= 15 is 0 Å². The van der Waals surface area contributed by atoms with Crippen molar-refractivity contribution in [2.24, 2.45) is 0 Å². The maximum Gasteiger partial charge on any atom is 0.407 e. The first-order chi connectivity index (χ1) is 8.13. The number of amides is 1. The molecule has 0 bridgehead atoms. The molecule has 0 heterocycles. The van der Waals surface area contributed by atoms with E-state index in [0.29, 0.717) is 6.42 Å². The van der Waals surface area contributed by atoms with Crippen LogP contribution in [0.5, 0.6) is 0 Å². The maximum atomic E-state index is 11.2. The van der Waals surface area contributed by atoms with Crippen LogP contribution in [0.2, 0.25) is 0 Å². The highest BCUT2D eigenvalue weighted by atomic mass is 35.5. The molecule has 1 amide bonds. The molecule has 1 N–H and O–H groups in total. The van der Waals surface area contributed by atoms with Gasteiger partial charge in [-0.2, -0.15) is 0 Å². The van der Waals surface area contributed by atoms with Crippen molar-refractivity contribution >= 4 is 22.9 Å². The molecule has 5 heteroatoms. The van der Waals surface area contributed by atoms with Gasteiger partial charge >= 0.3 is 6.09 Å². The zero-order chi connectivity index (χ0) is 12.7. The molecule has 17 heavy (non-hydrogen) atoms. The van der Waals surface area contributed by atoms with E-state index in [0.717, 1.165) is 5.56 Å². The van der Waals surface area contributed by atoms with Crippen LogP contribution in [0, 0.1) is 0 Å². The number of carbonyl (C=O) groups is 2. The first kappa shape index (κ1) is 13.5. The number of hydrogen-bond acceptors (Lipinski definition) is 3. The molecule has 0 saturated carbocycles. The van der Waals surface area contributed by atoms with Gasteiger partial charge in [0.25, 0.3) is 0 Å². The molecule has 4 nitrogen and oxygen atoms in total. The third-order valence-electron chi connectivity index (χ3n) is 2.12. The normalized spacial score (nSPS) is 11.6. The van der Waals surface area contributed by atoms with Gasteiger partial charge in [0.1, 0.15) is 6.04 Å². The average Bonchev–Trinajstić information content (AvgIpc) is 2.29. The molecule has 0 saturated heterocycles. The summed E-state index contributed by atoms with van der Waals surface area (Å²) in [7, 11) is 0. The number of benzene rings is 1. The summed E-state index contributed by atoms with van der Waals surface area (Å²) in [4.78, 5) is 22.4. The van der Waals surface area contributed by atoms with Crippen LogP contribution in [0.15, 0.2) is 30.3 Å². The molecule has 0 aromatic heterocycles. The Morgan fingerprint density at radius 2 is 2.00 bits per heavy atom. The number of nitrogens with one attached hydrogen (secondary N) is 1. The zero-order valence-corrected chi connectivity index (χ0v) is 10.2. The minimum atomic E-state index is -0.766. The SMILES string of the molecule is CCOC(=O)N[C@@H](Cc1ccccc1)C(=O)Cl. The van der Waals surface area contributed by atoms with Gasteiger partial charge < -0.3 is 10.1 Å². The van der Waals surface area contributed by atoms with Crippen LogP contribution in [0.1, 0.15) is 12.5 Å². The number of carbonyl (C=O) groups excluding carboxylic acids is 2. The Morgan fingerprint density at radius 3 is 2.53 bits per heavy atom. The molecule has 0 unspecified atom stereocenters. The summed E-state index contributed by atoms with van der Waals surface area (Å²) in [6, 6.07) is 8.54. The van der Waals surface area contributed by atoms with Crippen molar-refractivity contribution in [3.8, 4) is 0 Å². The lowest BCUT2D eigenvalue weighted by Crippen LogP contribution is -2.40. The molecule has 92 valence electrons. The summed E-state index contributed by atoms with van der Waals surface area (Å²) in [5.41, 5.74) is 0.920. The van der Waals surface area contributed by atoms with E-state index in [1.165, 1.54) is 0 Å². The fraction of sp³-hybridized carbons (Fsp3) is 0.333. The average molecular weight is 256 g/mol. The predicted octanol–water partition coefficient (Wildman–Crippen LogP) is 2.11. The molecule has 0 aliphatic heterocycles. The summed E-state index contributed by atoms with van der Waals surface area (Å²) in [5, 5.41) is 1.81. The fourth-order valence-electron chi connectivity index (χ4n) is 1.35. The van der Waals surface area contributed by atoms with Crippen LogP contribution < -0.4 is 5.32 Å². The quantitative estimate of drug-likeness (QED) is 0.820. The number of ether oxygens (including phenoxy) is 1. The Labute approximate surface area is 105 Å². The van der Waals surface area contributed by atoms with Gasteiger partial charge in [0.15, 0.2) is 0 Å². The van der Waals surface area contributed by atoms with Crippen molar-refractivity contribution in [2.45, 2.75) is 19.4 Å². The molecule has 1 atom stereocenters. The molecular formula is C12H14ClNO3. The Balaban J connectivity index is 2.61. The number of alkyl carbamates (subject to hydrolysis) is 1. The van der Waals surface area contributed by atoms with Gasteiger partial charge in [-0.3, -0.25) is 4.79 Å². The van der Waals surface area contributed by atoms with E-state index in [-0.39, 0.29) is 6.61 Å². The van der Waals surface area contributed by atoms with Gasteiger partial charge in [-0.05, 0) is 24.1 Å². The van der Waals surface area contributed by atoms with Gasteiger partial charge in [-0.15, -0.1) is 0 Å². The van der Waals surface area contributed by atoms with E-state index in [2.05, 4.69) is 5.32 Å². The Kier molecular flexibility index (Phi) is 5.49. The van der Waals surface area contributed by atoms with Crippen LogP contribution in [-0.4, -0.2) is 24.0 Å². The summed E-state index contributed by atoms with van der Waals surface area (Å²) < 4.78 is 4.70. The molecule has 0 fully saturated rings. The van der Waals surface area contributed by atoms with E-state index in [1.807, 2.05) is 30.3 Å². The lowest BCUT2D eigenvalue weighted by Gasteiger charge is -2.14. The lowest BCUT2D eigenvalue weighted by atomic mass is 10.1. The van der Waals surface area contributed by atoms with Crippen molar-refractivity contribution in [3.63, 3.8) is 0 Å². The van der Waals surface area contributed by atoms with Crippen molar-refractivity contribution in [3.05, 3.63) is 35.9 Å². The second kappa shape index (κ2) is 6.91. The topological polar surface area (TPSA) is 55.4 Å². The standard InChI is InChI=1S/C12H14ClNO3/c1-2-17-12(16)14-10(11(13)15)8-9-6-4-3-5-7-9/h3-7,10H,2,8H2,1H3,(H,14,16)/t10-/m0/s1. The van der Waals surface area contributed by atoms with Crippen molar-refractivity contribution in [2.75, 3.05) is 6.61 Å². The van der Waals surface area contributed by atoms with Crippen LogP contribution in [0.3, 0.4) is 0 Å². The number of rotatable bonds is 5. The molecule has 0 spiro atoms. The minimum absolute atomic E-state index is 0.250. The highest BCUT2D eigenvalue weighted by Gasteiger charge is 2.19. The van der Waals surface area contributed by atoms with Gasteiger partial charge in [0.2, 0.25) is 5.24 Å². The molecule has 0 aliphatic carbocycles. The molecule has 0 radical (unpaired) electrons. The van der Waals surface area contributed by atoms with Crippen LogP contribution in [0.4, 0.5) is 4.79 Å². The largest absolute Gasteiger partial charge is 0.450 e. The third kappa shape index (κ3) is 4.87. The predicted molar refractivity (Wildman–Crippen MR) is 65.0 cm³/mol. The summed E-state index contributed by atoms with van der Waals surface area (Å²) in [5.74, 6) is 0. The molecule has 1 aromatic rings. The van der Waals surface area contributed by atoms with Gasteiger partial charge in [0.05, 0.1) is 6.61 Å². The Morgan fingerprint density at radius 1 is 1.35 bits per heavy atom. The Hall–Kier alpha value is -1.55. The maximum absolute atomic E-state index is 11.2. The highest BCUT2D eigenvalue weighted by molar-refractivity contribution is 6.64. The minimum Gasteiger partial charge on any atom is -0.450 e. The first-order valence-electron chi connectivity index (χ1n) is 5.30. The van der Waals surface area contributed by atoms with Crippen molar-refractivity contribution < 1.29 is 14.3 Å². The van der Waals surface area contributed by atoms with Gasteiger partial charge in [-0.1, -0.05) is 30.3 Å². The first-order valence-corrected chi connectivity index (χ1v) is 5.67.